The second-order valence-corrected chi connectivity index (χ2v) is 2.76. The van der Waals surface area contributed by atoms with E-state index in [4.69, 9.17) is 10.3 Å². The molecule has 0 N–H and O–H groups in total. The van der Waals surface area contributed by atoms with Crippen molar-refractivity contribution < 1.29 is 9.66 Å². The highest BCUT2D eigenvalue weighted by atomic mass is 16.6. The molecular weight excluding hydrogens is 216 g/mol. The molecule has 9 heteroatoms. The van der Waals surface area contributed by atoms with Gasteiger partial charge in [0.05, 0.1) is 37.1 Å². The molecule has 0 saturated carbocycles. The summed E-state index contributed by atoms with van der Waals surface area (Å²) < 4.78 is 6.54. The molecule has 0 fully saturated rings. The van der Waals surface area contributed by atoms with E-state index in [1.807, 2.05) is 0 Å². The van der Waals surface area contributed by atoms with E-state index in [0.717, 1.165) is 0 Å². The highest BCUT2D eigenvalue weighted by Gasteiger charge is 2.09. The van der Waals surface area contributed by atoms with Crippen LogP contribution in [0.1, 0.15) is 0 Å². The van der Waals surface area contributed by atoms with E-state index in [0.29, 0.717) is 19.8 Å². The predicted octanol–water partition coefficient (Wildman–Crippen LogP) is 1.12. The molecule has 9 nitrogen and oxygen atoms in total. The zero-order valence-electron chi connectivity index (χ0n) is 8.39. The summed E-state index contributed by atoms with van der Waals surface area (Å²) in [6.07, 6.45) is 1.51. The van der Waals surface area contributed by atoms with Crippen LogP contribution in [0.5, 0.6) is 0 Å². The zero-order valence-corrected chi connectivity index (χ0v) is 8.39. The van der Waals surface area contributed by atoms with Crippen molar-refractivity contribution >= 4 is 5.82 Å². The smallest absolute Gasteiger partial charge is 0.379 e. The average Bonchev–Trinajstić information content (AvgIpc) is 2.72. The third-order valence-corrected chi connectivity index (χ3v) is 1.68. The first kappa shape index (κ1) is 12.0. The minimum absolute atomic E-state index is 0.186. The Morgan fingerprint density at radius 2 is 2.50 bits per heavy atom. The molecule has 0 atom stereocenters. The van der Waals surface area contributed by atoms with Crippen LogP contribution in [0.4, 0.5) is 5.82 Å². The van der Waals surface area contributed by atoms with Gasteiger partial charge in [-0.05, 0) is 10.5 Å². The lowest BCUT2D eigenvalue weighted by atomic mass is 10.6. The van der Waals surface area contributed by atoms with Crippen molar-refractivity contribution in [2.75, 3.05) is 19.8 Å². The molecule has 16 heavy (non-hydrogen) atoms. The first-order valence-corrected chi connectivity index (χ1v) is 4.50. The van der Waals surface area contributed by atoms with Gasteiger partial charge < -0.3 is 14.9 Å². The van der Waals surface area contributed by atoms with Crippen molar-refractivity contribution in [1.29, 1.82) is 0 Å². The standard InChI is InChI=1S/C7H10N6O3/c8-11-9-2-5-16-6-4-12-3-1-7(10-12)13(14)15/h1,3H,2,4-6H2. The van der Waals surface area contributed by atoms with E-state index in [1.54, 1.807) is 0 Å². The molecule has 0 radical (unpaired) electrons. The van der Waals surface area contributed by atoms with Crippen molar-refractivity contribution in [3.63, 3.8) is 0 Å². The Morgan fingerprint density at radius 1 is 1.69 bits per heavy atom. The molecule has 0 spiro atoms. The van der Waals surface area contributed by atoms with Gasteiger partial charge in [0.1, 0.15) is 0 Å². The number of ether oxygens (including phenoxy) is 1. The molecule has 0 aliphatic rings. The lowest BCUT2D eigenvalue weighted by molar-refractivity contribution is -0.389. The second kappa shape index (κ2) is 6.38. The van der Waals surface area contributed by atoms with E-state index in [9.17, 15) is 10.1 Å². The van der Waals surface area contributed by atoms with Crippen LogP contribution in [0.25, 0.3) is 10.4 Å². The Morgan fingerprint density at radius 3 is 3.12 bits per heavy atom. The zero-order chi connectivity index (χ0) is 11.8. The number of nitrogens with zero attached hydrogens (tertiary/aromatic N) is 6. The van der Waals surface area contributed by atoms with Gasteiger partial charge in [0.15, 0.2) is 0 Å². The van der Waals surface area contributed by atoms with E-state index in [2.05, 4.69) is 15.1 Å². The molecule has 0 unspecified atom stereocenters. The predicted molar refractivity (Wildman–Crippen MR) is 53.7 cm³/mol. The molecule has 86 valence electrons. The van der Waals surface area contributed by atoms with Crippen LogP contribution in [0.15, 0.2) is 17.4 Å². The molecule has 1 aromatic rings. The van der Waals surface area contributed by atoms with Crippen LogP contribution in [0.3, 0.4) is 0 Å². The summed E-state index contributed by atoms with van der Waals surface area (Å²) in [4.78, 5) is 12.3. The maximum Gasteiger partial charge on any atom is 0.389 e. The van der Waals surface area contributed by atoms with Gasteiger partial charge in [0.2, 0.25) is 0 Å². The Hall–Kier alpha value is -2.12. The van der Waals surface area contributed by atoms with Crippen LogP contribution >= 0.6 is 0 Å². The number of rotatable bonds is 7. The maximum atomic E-state index is 10.3. The van der Waals surface area contributed by atoms with E-state index in [-0.39, 0.29) is 12.4 Å². The summed E-state index contributed by atoms with van der Waals surface area (Å²) in [5.74, 6) is -0.186. The summed E-state index contributed by atoms with van der Waals surface area (Å²) >= 11 is 0. The lowest BCUT2D eigenvalue weighted by Gasteiger charge is -1.99. The highest BCUT2D eigenvalue weighted by Crippen LogP contribution is 2.04. The molecule has 1 heterocycles. The normalized spacial score (nSPS) is 9.75. The van der Waals surface area contributed by atoms with Gasteiger partial charge in [0.25, 0.3) is 0 Å². The summed E-state index contributed by atoms with van der Waals surface area (Å²) in [5, 5.41) is 17.3. The molecular formula is C7H10N6O3. The number of nitro groups is 1. The first-order valence-electron chi connectivity index (χ1n) is 4.50. The van der Waals surface area contributed by atoms with Crippen molar-refractivity contribution in [1.82, 2.24) is 9.78 Å². The average molecular weight is 226 g/mol. The Labute approximate surface area is 90.4 Å². The summed E-state index contributed by atoms with van der Waals surface area (Å²) in [6, 6.07) is 1.32. The van der Waals surface area contributed by atoms with Crippen molar-refractivity contribution in [2.24, 2.45) is 5.11 Å². The number of aromatic nitrogens is 2. The number of hydrogen-bond donors (Lipinski definition) is 0. The van der Waals surface area contributed by atoms with Gasteiger partial charge in [-0.3, -0.25) is 0 Å². The second-order valence-electron chi connectivity index (χ2n) is 2.76. The first-order chi connectivity index (χ1) is 7.74. The fraction of sp³-hybridized carbons (Fsp3) is 0.571. The minimum atomic E-state index is -0.557. The lowest BCUT2D eigenvalue weighted by Crippen LogP contribution is -2.08. The third-order valence-electron chi connectivity index (χ3n) is 1.68. The Bertz CT molecular complexity index is 397. The molecule has 0 aromatic carbocycles. The largest absolute Gasteiger partial charge is 0.389 e. The number of azide groups is 1. The van der Waals surface area contributed by atoms with Crippen LogP contribution in [0, 0.1) is 10.1 Å². The van der Waals surface area contributed by atoms with Crippen molar-refractivity contribution in [3.05, 3.63) is 32.8 Å². The fourth-order valence-corrected chi connectivity index (χ4v) is 0.983. The van der Waals surface area contributed by atoms with Gasteiger partial charge in [-0.25, -0.2) is 0 Å². The van der Waals surface area contributed by atoms with E-state index < -0.39 is 4.92 Å². The fourth-order valence-electron chi connectivity index (χ4n) is 0.983. The van der Waals surface area contributed by atoms with Gasteiger partial charge in [-0.1, -0.05) is 5.11 Å². The van der Waals surface area contributed by atoms with Crippen molar-refractivity contribution in [2.45, 2.75) is 6.54 Å². The van der Waals surface area contributed by atoms with Crippen LogP contribution in [0.2, 0.25) is 0 Å². The summed E-state index contributed by atoms with van der Waals surface area (Å²) in [7, 11) is 0. The molecule has 0 bridgehead atoms. The van der Waals surface area contributed by atoms with Crippen LogP contribution in [-0.4, -0.2) is 34.5 Å². The van der Waals surface area contributed by atoms with Gasteiger partial charge in [0, 0.05) is 11.5 Å². The van der Waals surface area contributed by atoms with Crippen LogP contribution < -0.4 is 0 Å². The third kappa shape index (κ3) is 3.95. The number of hydrogen-bond acceptors (Lipinski definition) is 5. The van der Waals surface area contributed by atoms with Crippen LogP contribution in [-0.2, 0) is 11.3 Å². The molecule has 0 amide bonds. The van der Waals surface area contributed by atoms with Gasteiger partial charge in [-0.2, -0.15) is 4.68 Å². The Balaban J connectivity index is 2.21. The monoisotopic (exact) mass is 226 g/mol. The van der Waals surface area contributed by atoms with Gasteiger partial charge >= 0.3 is 5.82 Å². The molecule has 0 aliphatic heterocycles. The molecule has 1 rings (SSSR count). The maximum absolute atomic E-state index is 10.3. The minimum Gasteiger partial charge on any atom is -0.379 e. The molecule has 1 aromatic heterocycles. The quantitative estimate of drug-likeness (QED) is 0.173. The molecule has 0 saturated heterocycles. The summed E-state index contributed by atoms with van der Waals surface area (Å²) in [5.41, 5.74) is 7.98. The Kier molecular flexibility index (Phi) is 4.77. The molecule has 0 aliphatic carbocycles. The van der Waals surface area contributed by atoms with E-state index >= 15 is 0 Å². The topological polar surface area (TPSA) is 119 Å². The summed E-state index contributed by atoms with van der Waals surface area (Å²) in [6.45, 7) is 1.38. The highest BCUT2D eigenvalue weighted by molar-refractivity contribution is 5.13. The van der Waals surface area contributed by atoms with E-state index in [1.165, 1.54) is 16.9 Å². The van der Waals surface area contributed by atoms with Gasteiger partial charge in [-0.15, -0.1) is 0 Å². The van der Waals surface area contributed by atoms with Crippen molar-refractivity contribution in [3.8, 4) is 0 Å². The SMILES string of the molecule is [N-]=[N+]=NCCOCCn1ccc([N+](=O)[O-])n1.